The summed E-state index contributed by atoms with van der Waals surface area (Å²) < 4.78 is 26.6. The summed E-state index contributed by atoms with van der Waals surface area (Å²) in [5.74, 6) is 1.67. The number of phenolic OH excluding ortho intramolecular Hbond substituents is 2. The van der Waals surface area contributed by atoms with Crippen LogP contribution in [-0.4, -0.2) is 41.4 Å². The molecule has 0 spiro atoms. The van der Waals surface area contributed by atoms with Gasteiger partial charge < -0.3 is 19.7 Å². The summed E-state index contributed by atoms with van der Waals surface area (Å²) in [4.78, 5) is 2.46. The van der Waals surface area contributed by atoms with E-state index in [1.165, 1.54) is 25.0 Å². The van der Waals surface area contributed by atoms with Crippen molar-refractivity contribution in [1.82, 2.24) is 4.90 Å². The maximum Gasteiger partial charge on any atom is 0.150 e. The summed E-state index contributed by atoms with van der Waals surface area (Å²) in [6.45, 7) is 8.03. The molecule has 5 nitrogen and oxygen atoms in total. The van der Waals surface area contributed by atoms with Crippen molar-refractivity contribution in [3.05, 3.63) is 83.2 Å². The summed E-state index contributed by atoms with van der Waals surface area (Å²) in [6.07, 6.45) is 1.99. The molecule has 2 N–H and O–H groups in total. The summed E-state index contributed by atoms with van der Waals surface area (Å²) in [6, 6.07) is 16.7. The Balaban J connectivity index is 1.39. The molecule has 1 unspecified atom stereocenters. The molecule has 1 fully saturated rings. The van der Waals surface area contributed by atoms with E-state index < -0.39 is 11.9 Å². The molecule has 1 saturated heterocycles. The number of nitrogens with zero attached hydrogens (tertiary/aromatic N) is 1. The molecular weight excluding hydrogens is 457 g/mol. The molecule has 3 aromatic rings. The first kappa shape index (κ1) is 24.2. The second kappa shape index (κ2) is 10.2. The molecule has 3 aromatic carbocycles. The highest BCUT2D eigenvalue weighted by atomic mass is 19.1. The minimum absolute atomic E-state index is 0.122. The standard InChI is InChI=1S/C30H32FNO4/c1-3-20-10-11-32(18-20)12-13-35-26-7-4-21(5-8-26)30-29(22-14-23(31)16-25(34)15-22)19(2)27-17-24(33)6-9-28(27)36-30/h4-9,14-17,20,30,33-34H,3,10-13,18H2,1-2H3/t20-,30?/m1/s1. The summed E-state index contributed by atoms with van der Waals surface area (Å²) in [5.41, 5.74) is 3.72. The monoisotopic (exact) mass is 489 g/mol. The van der Waals surface area contributed by atoms with Crippen molar-refractivity contribution in [3.8, 4) is 23.0 Å². The van der Waals surface area contributed by atoms with Gasteiger partial charge >= 0.3 is 0 Å². The Hall–Kier alpha value is -3.51. The molecule has 188 valence electrons. The van der Waals surface area contributed by atoms with E-state index in [0.29, 0.717) is 17.9 Å². The Morgan fingerprint density at radius 2 is 1.83 bits per heavy atom. The Morgan fingerprint density at radius 1 is 1.03 bits per heavy atom. The summed E-state index contributed by atoms with van der Waals surface area (Å²) in [7, 11) is 0. The fourth-order valence-electron chi connectivity index (χ4n) is 5.25. The predicted octanol–water partition coefficient (Wildman–Crippen LogP) is 6.41. The molecule has 0 aromatic heterocycles. The van der Waals surface area contributed by atoms with E-state index in [0.717, 1.165) is 59.6 Å². The van der Waals surface area contributed by atoms with Gasteiger partial charge in [0.1, 0.15) is 41.5 Å². The Morgan fingerprint density at radius 3 is 2.56 bits per heavy atom. The van der Waals surface area contributed by atoms with Crippen LogP contribution < -0.4 is 9.47 Å². The molecule has 0 radical (unpaired) electrons. The molecule has 0 saturated carbocycles. The summed E-state index contributed by atoms with van der Waals surface area (Å²) in [5, 5.41) is 20.1. The third-order valence-corrected chi connectivity index (χ3v) is 7.28. The van der Waals surface area contributed by atoms with Crippen LogP contribution in [0.15, 0.2) is 60.7 Å². The zero-order valence-corrected chi connectivity index (χ0v) is 20.7. The Labute approximate surface area is 211 Å². The van der Waals surface area contributed by atoms with Crippen LogP contribution in [0.3, 0.4) is 0 Å². The average molecular weight is 490 g/mol. The second-order valence-corrected chi connectivity index (χ2v) is 9.70. The van der Waals surface area contributed by atoms with Gasteiger partial charge in [0.05, 0.1) is 0 Å². The van der Waals surface area contributed by atoms with Crippen LogP contribution in [0.1, 0.15) is 49.5 Å². The lowest BCUT2D eigenvalue weighted by Crippen LogP contribution is -2.26. The quantitative estimate of drug-likeness (QED) is 0.401. The van der Waals surface area contributed by atoms with Gasteiger partial charge in [-0.3, -0.25) is 4.90 Å². The number of aromatic hydroxyl groups is 2. The van der Waals surface area contributed by atoms with Crippen molar-refractivity contribution in [2.75, 3.05) is 26.2 Å². The number of halogens is 1. The van der Waals surface area contributed by atoms with E-state index in [1.807, 2.05) is 31.2 Å². The van der Waals surface area contributed by atoms with Crippen molar-refractivity contribution >= 4 is 11.1 Å². The SMILES string of the molecule is CC[C@@H]1CCN(CCOc2ccc(C3Oc4ccc(O)cc4C(C)=C3c3cc(O)cc(F)c3)cc2)C1. The first-order valence-corrected chi connectivity index (χ1v) is 12.6. The number of ether oxygens (including phenoxy) is 2. The lowest BCUT2D eigenvalue weighted by molar-refractivity contribution is 0.232. The topological polar surface area (TPSA) is 62.2 Å². The molecule has 0 bridgehead atoms. The molecule has 0 aliphatic carbocycles. The van der Waals surface area contributed by atoms with Gasteiger partial charge in [-0.25, -0.2) is 4.39 Å². The highest BCUT2D eigenvalue weighted by Gasteiger charge is 2.30. The van der Waals surface area contributed by atoms with Crippen LogP contribution in [0.5, 0.6) is 23.0 Å². The van der Waals surface area contributed by atoms with E-state index in [4.69, 9.17) is 9.47 Å². The Kier molecular flexibility index (Phi) is 6.88. The number of hydrogen-bond acceptors (Lipinski definition) is 5. The fraction of sp³-hybridized carbons (Fsp3) is 0.333. The van der Waals surface area contributed by atoms with Gasteiger partial charge in [0.15, 0.2) is 0 Å². The maximum absolute atomic E-state index is 14.2. The van der Waals surface area contributed by atoms with Crippen LogP contribution in [0.25, 0.3) is 11.1 Å². The highest BCUT2D eigenvalue weighted by Crippen LogP contribution is 2.48. The zero-order chi connectivity index (χ0) is 25.2. The number of hydrogen-bond donors (Lipinski definition) is 2. The van der Waals surface area contributed by atoms with Crippen LogP contribution in [0.2, 0.25) is 0 Å². The van der Waals surface area contributed by atoms with Crippen molar-refractivity contribution < 1.29 is 24.1 Å². The molecule has 36 heavy (non-hydrogen) atoms. The first-order valence-electron chi connectivity index (χ1n) is 12.6. The molecule has 6 heteroatoms. The van der Waals surface area contributed by atoms with Crippen molar-refractivity contribution in [2.45, 2.75) is 32.8 Å². The van der Waals surface area contributed by atoms with E-state index in [1.54, 1.807) is 18.2 Å². The zero-order valence-electron chi connectivity index (χ0n) is 20.7. The number of rotatable bonds is 7. The third-order valence-electron chi connectivity index (χ3n) is 7.28. The van der Waals surface area contributed by atoms with Gasteiger partial charge in [0.25, 0.3) is 0 Å². The minimum atomic E-state index is -0.530. The third kappa shape index (κ3) is 5.05. The van der Waals surface area contributed by atoms with Gasteiger partial charge in [0, 0.05) is 30.3 Å². The predicted molar refractivity (Wildman–Crippen MR) is 139 cm³/mol. The number of phenols is 2. The number of fused-ring (bicyclic) bond motifs is 1. The van der Waals surface area contributed by atoms with Crippen LogP contribution in [-0.2, 0) is 0 Å². The van der Waals surface area contributed by atoms with E-state index in [2.05, 4.69) is 11.8 Å². The van der Waals surface area contributed by atoms with Crippen LogP contribution >= 0.6 is 0 Å². The Bertz CT molecular complexity index is 1250. The molecule has 2 aliphatic heterocycles. The fourth-order valence-corrected chi connectivity index (χ4v) is 5.25. The molecule has 2 aliphatic rings. The van der Waals surface area contributed by atoms with E-state index >= 15 is 0 Å². The molecule has 5 rings (SSSR count). The van der Waals surface area contributed by atoms with Crippen LogP contribution in [0, 0.1) is 11.7 Å². The van der Waals surface area contributed by atoms with Crippen molar-refractivity contribution in [3.63, 3.8) is 0 Å². The van der Waals surface area contributed by atoms with Gasteiger partial charge in [-0.2, -0.15) is 0 Å². The van der Waals surface area contributed by atoms with Crippen molar-refractivity contribution in [2.24, 2.45) is 5.92 Å². The number of benzene rings is 3. The first-order chi connectivity index (χ1) is 17.4. The molecule has 2 heterocycles. The summed E-state index contributed by atoms with van der Waals surface area (Å²) >= 11 is 0. The number of likely N-dealkylation sites (tertiary alicyclic amines) is 1. The smallest absolute Gasteiger partial charge is 0.150 e. The maximum atomic E-state index is 14.2. The molecule has 2 atom stereocenters. The van der Waals surface area contributed by atoms with Crippen LogP contribution in [0.4, 0.5) is 4.39 Å². The van der Waals surface area contributed by atoms with Gasteiger partial charge in [-0.05, 0) is 85.0 Å². The van der Waals surface area contributed by atoms with Gasteiger partial charge in [-0.15, -0.1) is 0 Å². The second-order valence-electron chi connectivity index (χ2n) is 9.70. The normalized spacial score (nSPS) is 19.8. The van der Waals surface area contributed by atoms with E-state index in [-0.39, 0.29) is 11.5 Å². The lowest BCUT2D eigenvalue weighted by Gasteiger charge is -2.31. The van der Waals surface area contributed by atoms with Gasteiger partial charge in [0.2, 0.25) is 0 Å². The van der Waals surface area contributed by atoms with Crippen molar-refractivity contribution in [1.29, 1.82) is 0 Å². The van der Waals surface area contributed by atoms with Gasteiger partial charge in [-0.1, -0.05) is 25.5 Å². The van der Waals surface area contributed by atoms with E-state index in [9.17, 15) is 14.6 Å². The molecule has 0 amide bonds. The minimum Gasteiger partial charge on any atom is -0.508 e. The number of allylic oxidation sites excluding steroid dienone is 1. The highest BCUT2D eigenvalue weighted by molar-refractivity contribution is 5.95. The molecular formula is C30H32FNO4. The average Bonchev–Trinajstić information content (AvgIpc) is 3.32. The lowest BCUT2D eigenvalue weighted by atomic mass is 9.86. The largest absolute Gasteiger partial charge is 0.508 e.